The minimum Gasteiger partial charge on any atom is -0.444 e. The van der Waals surface area contributed by atoms with Crippen LogP contribution in [-0.4, -0.2) is 48.2 Å². The van der Waals surface area contributed by atoms with Crippen molar-refractivity contribution in [1.82, 2.24) is 10.2 Å². The van der Waals surface area contributed by atoms with Crippen molar-refractivity contribution in [2.24, 2.45) is 11.7 Å². The molecule has 2 atom stereocenters. The van der Waals surface area contributed by atoms with Crippen molar-refractivity contribution in [1.29, 1.82) is 0 Å². The number of hydrogen-bond donors (Lipinski definition) is 2. The lowest BCUT2D eigenvalue weighted by Gasteiger charge is -2.34. The molecule has 1 aliphatic heterocycles. The molecule has 1 rings (SSSR count). The van der Waals surface area contributed by atoms with Gasteiger partial charge in [0.05, 0.1) is 0 Å². The molecule has 0 aromatic heterocycles. The average molecular weight is 299 g/mol. The molecule has 0 spiro atoms. The summed E-state index contributed by atoms with van der Waals surface area (Å²) in [6.45, 7) is 9.80. The maximum atomic E-state index is 12.1. The Hall–Kier alpha value is -1.30. The summed E-state index contributed by atoms with van der Waals surface area (Å²) in [5, 5.41) is 3.31. The summed E-state index contributed by atoms with van der Waals surface area (Å²) in [7, 11) is 0. The first-order valence-corrected chi connectivity index (χ1v) is 7.67. The summed E-state index contributed by atoms with van der Waals surface area (Å²) in [5.41, 5.74) is 4.71. The van der Waals surface area contributed by atoms with Crippen molar-refractivity contribution >= 4 is 12.0 Å². The number of primary amides is 1. The molecule has 3 N–H and O–H groups in total. The molecule has 0 bridgehead atoms. The van der Waals surface area contributed by atoms with Crippen LogP contribution in [-0.2, 0) is 9.53 Å². The highest BCUT2D eigenvalue weighted by atomic mass is 16.6. The smallest absolute Gasteiger partial charge is 0.410 e. The molecule has 2 amide bonds. The van der Waals surface area contributed by atoms with Crippen LogP contribution in [0.15, 0.2) is 0 Å². The van der Waals surface area contributed by atoms with Crippen LogP contribution < -0.4 is 11.1 Å². The summed E-state index contributed by atoms with van der Waals surface area (Å²) >= 11 is 0. The third-order valence-corrected chi connectivity index (χ3v) is 3.43. The average Bonchev–Trinajstić information content (AvgIpc) is 2.34. The van der Waals surface area contributed by atoms with Gasteiger partial charge in [0.25, 0.3) is 0 Å². The molecule has 21 heavy (non-hydrogen) atoms. The number of nitrogens with two attached hydrogens (primary N) is 1. The maximum Gasteiger partial charge on any atom is 0.410 e. The highest BCUT2D eigenvalue weighted by Gasteiger charge is 2.27. The zero-order valence-corrected chi connectivity index (χ0v) is 13.6. The van der Waals surface area contributed by atoms with Crippen LogP contribution in [0.3, 0.4) is 0 Å². The molecule has 2 unspecified atom stereocenters. The van der Waals surface area contributed by atoms with E-state index in [4.69, 9.17) is 10.5 Å². The van der Waals surface area contributed by atoms with Gasteiger partial charge in [0, 0.05) is 25.6 Å². The van der Waals surface area contributed by atoms with Crippen molar-refractivity contribution < 1.29 is 14.3 Å². The van der Waals surface area contributed by atoms with E-state index < -0.39 is 5.60 Å². The topological polar surface area (TPSA) is 84.7 Å². The zero-order valence-electron chi connectivity index (χ0n) is 13.6. The Labute approximate surface area is 127 Å². The van der Waals surface area contributed by atoms with Crippen LogP contribution >= 0.6 is 0 Å². The Morgan fingerprint density at radius 1 is 1.43 bits per heavy atom. The second-order valence-electron chi connectivity index (χ2n) is 6.91. The number of carbonyl (C=O) groups excluding carboxylic acids is 2. The highest BCUT2D eigenvalue weighted by molar-refractivity contribution is 5.74. The Morgan fingerprint density at radius 3 is 2.67 bits per heavy atom. The molecule has 122 valence electrons. The summed E-state index contributed by atoms with van der Waals surface area (Å²) in [6.07, 6.45) is 2.16. The predicted molar refractivity (Wildman–Crippen MR) is 81.8 cm³/mol. The van der Waals surface area contributed by atoms with Gasteiger partial charge in [-0.3, -0.25) is 4.79 Å². The van der Waals surface area contributed by atoms with Crippen molar-refractivity contribution in [3.63, 3.8) is 0 Å². The van der Waals surface area contributed by atoms with Crippen molar-refractivity contribution in [2.75, 3.05) is 19.6 Å². The molecule has 6 heteroatoms. The van der Waals surface area contributed by atoms with Gasteiger partial charge in [0.2, 0.25) is 5.91 Å². The van der Waals surface area contributed by atoms with Gasteiger partial charge < -0.3 is 20.7 Å². The third-order valence-electron chi connectivity index (χ3n) is 3.43. The minimum absolute atomic E-state index is 0.0689. The second-order valence-corrected chi connectivity index (χ2v) is 6.91. The molecule has 0 radical (unpaired) electrons. The van der Waals surface area contributed by atoms with E-state index in [9.17, 15) is 9.59 Å². The van der Waals surface area contributed by atoms with E-state index in [-0.39, 0.29) is 18.0 Å². The SMILES string of the molecule is CC(CC(N)=O)NCC1CCCN(C(=O)OC(C)(C)C)C1. The molecule has 1 saturated heterocycles. The summed E-state index contributed by atoms with van der Waals surface area (Å²) < 4.78 is 5.41. The number of likely N-dealkylation sites (tertiary alicyclic amines) is 1. The maximum absolute atomic E-state index is 12.1. The monoisotopic (exact) mass is 299 g/mol. The quantitative estimate of drug-likeness (QED) is 0.805. The van der Waals surface area contributed by atoms with Gasteiger partial charge in [-0.25, -0.2) is 4.79 Å². The van der Waals surface area contributed by atoms with Gasteiger partial charge in [-0.2, -0.15) is 0 Å². The standard InChI is InChI=1S/C15H29N3O3/c1-11(8-13(16)19)17-9-12-6-5-7-18(10-12)14(20)21-15(2,3)4/h11-12,17H,5-10H2,1-4H3,(H2,16,19). The first kappa shape index (κ1) is 17.8. The fourth-order valence-corrected chi connectivity index (χ4v) is 2.47. The van der Waals surface area contributed by atoms with E-state index >= 15 is 0 Å². The molecular formula is C15H29N3O3. The number of carbonyl (C=O) groups is 2. The van der Waals surface area contributed by atoms with E-state index in [0.717, 1.165) is 25.9 Å². The normalized spacial score (nSPS) is 21.0. The van der Waals surface area contributed by atoms with Gasteiger partial charge in [-0.1, -0.05) is 0 Å². The van der Waals surface area contributed by atoms with Crippen LogP contribution in [0.4, 0.5) is 4.79 Å². The number of nitrogens with zero attached hydrogens (tertiary/aromatic N) is 1. The molecule has 0 aromatic rings. The molecule has 0 aromatic carbocycles. The number of amides is 2. The van der Waals surface area contributed by atoms with Crippen LogP contribution in [0, 0.1) is 5.92 Å². The molecule has 1 heterocycles. The number of nitrogens with one attached hydrogen (secondary N) is 1. The Kier molecular flexibility index (Phi) is 6.45. The Morgan fingerprint density at radius 2 is 2.10 bits per heavy atom. The third kappa shape index (κ3) is 7.32. The van der Waals surface area contributed by atoms with Gasteiger partial charge in [0.15, 0.2) is 0 Å². The molecule has 0 saturated carbocycles. The largest absolute Gasteiger partial charge is 0.444 e. The van der Waals surface area contributed by atoms with Gasteiger partial charge in [-0.15, -0.1) is 0 Å². The highest BCUT2D eigenvalue weighted by Crippen LogP contribution is 2.19. The lowest BCUT2D eigenvalue weighted by atomic mass is 9.98. The van der Waals surface area contributed by atoms with Crippen LogP contribution in [0.1, 0.15) is 47.0 Å². The van der Waals surface area contributed by atoms with Gasteiger partial charge in [-0.05, 0) is 53.0 Å². The summed E-state index contributed by atoms with van der Waals surface area (Å²) in [4.78, 5) is 24.7. The van der Waals surface area contributed by atoms with Gasteiger partial charge in [0.1, 0.15) is 5.60 Å². The summed E-state index contributed by atoms with van der Waals surface area (Å²) in [5.74, 6) is 0.0932. The van der Waals surface area contributed by atoms with Crippen LogP contribution in [0.25, 0.3) is 0 Å². The number of ether oxygens (including phenoxy) is 1. The van der Waals surface area contributed by atoms with E-state index in [1.54, 1.807) is 4.90 Å². The lowest BCUT2D eigenvalue weighted by molar-refractivity contribution is -0.118. The molecule has 1 fully saturated rings. The Balaban J connectivity index is 2.38. The number of rotatable bonds is 5. The summed E-state index contributed by atoms with van der Waals surface area (Å²) in [6, 6.07) is 0.0689. The van der Waals surface area contributed by atoms with Crippen LogP contribution in [0.2, 0.25) is 0 Å². The first-order valence-electron chi connectivity index (χ1n) is 7.67. The fourth-order valence-electron chi connectivity index (χ4n) is 2.47. The second kappa shape index (κ2) is 7.64. The van der Waals surface area contributed by atoms with Crippen molar-refractivity contribution in [3.8, 4) is 0 Å². The van der Waals surface area contributed by atoms with E-state index in [1.165, 1.54) is 0 Å². The van der Waals surface area contributed by atoms with E-state index in [1.807, 2.05) is 27.7 Å². The number of piperidine rings is 1. The molecule has 1 aliphatic rings. The van der Waals surface area contributed by atoms with E-state index in [0.29, 0.717) is 18.9 Å². The number of hydrogen-bond acceptors (Lipinski definition) is 4. The van der Waals surface area contributed by atoms with Crippen LogP contribution in [0.5, 0.6) is 0 Å². The molecule has 6 nitrogen and oxygen atoms in total. The minimum atomic E-state index is -0.460. The lowest BCUT2D eigenvalue weighted by Crippen LogP contribution is -2.46. The van der Waals surface area contributed by atoms with Crippen molar-refractivity contribution in [2.45, 2.75) is 58.6 Å². The fraction of sp³-hybridized carbons (Fsp3) is 0.867. The Bertz CT molecular complexity index is 366. The van der Waals surface area contributed by atoms with E-state index in [2.05, 4.69) is 5.32 Å². The predicted octanol–water partition coefficient (Wildman–Crippen LogP) is 1.49. The molecular weight excluding hydrogens is 270 g/mol. The van der Waals surface area contributed by atoms with Crippen molar-refractivity contribution in [3.05, 3.63) is 0 Å². The van der Waals surface area contributed by atoms with Gasteiger partial charge >= 0.3 is 6.09 Å². The zero-order chi connectivity index (χ0) is 16.0. The first-order chi connectivity index (χ1) is 9.67. The molecule has 0 aliphatic carbocycles.